The maximum atomic E-state index is 12.1. The molecule has 0 aromatic heterocycles. The largest absolute Gasteiger partial charge is 0.492 e. The van der Waals surface area contributed by atoms with Gasteiger partial charge in [0, 0.05) is 19.2 Å². The Morgan fingerprint density at radius 3 is 2.76 bits per heavy atom. The number of nitrogen functional groups attached to an aromatic ring is 1. The van der Waals surface area contributed by atoms with Crippen LogP contribution in [0.25, 0.3) is 6.08 Å². The molecule has 0 saturated carbocycles. The summed E-state index contributed by atoms with van der Waals surface area (Å²) in [5.74, 6) is 1.49. The minimum Gasteiger partial charge on any atom is -0.492 e. The van der Waals surface area contributed by atoms with Crippen molar-refractivity contribution < 1.29 is 9.53 Å². The minimum absolute atomic E-state index is 0.0781. The number of hydrogen-bond acceptors (Lipinski definition) is 3. The number of likely N-dealkylation sites (tertiary alicyclic amines) is 1. The Labute approximate surface area is 126 Å². The maximum Gasteiger partial charge on any atom is 0.246 e. The molecule has 0 bridgehead atoms. The van der Waals surface area contributed by atoms with E-state index >= 15 is 0 Å². The lowest BCUT2D eigenvalue weighted by Crippen LogP contribution is -2.36. The lowest BCUT2D eigenvalue weighted by atomic mass is 9.99. The quantitative estimate of drug-likeness (QED) is 0.684. The molecule has 0 aliphatic carbocycles. The summed E-state index contributed by atoms with van der Waals surface area (Å²) in [6, 6.07) is 5.57. The molecule has 1 aliphatic rings. The number of nitrogens with two attached hydrogens (primary N) is 1. The molecule has 2 N–H and O–H groups in total. The van der Waals surface area contributed by atoms with Crippen LogP contribution < -0.4 is 10.5 Å². The normalized spacial score (nSPS) is 16.4. The summed E-state index contributed by atoms with van der Waals surface area (Å²) >= 11 is 0. The lowest BCUT2D eigenvalue weighted by Gasteiger charge is -2.29. The van der Waals surface area contributed by atoms with Crippen molar-refractivity contribution in [1.29, 1.82) is 0 Å². The fraction of sp³-hybridized carbons (Fsp3) is 0.471. The van der Waals surface area contributed by atoms with Crippen LogP contribution in [0.3, 0.4) is 0 Å². The molecule has 0 atom stereocenters. The number of rotatable bonds is 4. The number of anilines is 1. The molecular formula is C17H24N2O2. The van der Waals surface area contributed by atoms with Crippen LogP contribution in [0.4, 0.5) is 5.69 Å². The molecule has 4 heteroatoms. The summed E-state index contributed by atoms with van der Waals surface area (Å²) in [6.45, 7) is 6.46. The predicted octanol–water partition coefficient (Wildman–Crippen LogP) is 2.94. The third kappa shape index (κ3) is 4.25. The van der Waals surface area contributed by atoms with Gasteiger partial charge in [-0.1, -0.05) is 13.0 Å². The first-order valence-corrected chi connectivity index (χ1v) is 7.59. The summed E-state index contributed by atoms with van der Waals surface area (Å²) in [4.78, 5) is 14.0. The molecule has 1 aromatic carbocycles. The highest BCUT2D eigenvalue weighted by Crippen LogP contribution is 2.23. The number of ether oxygens (including phenoxy) is 1. The van der Waals surface area contributed by atoms with Gasteiger partial charge in [0.2, 0.25) is 5.91 Å². The van der Waals surface area contributed by atoms with Gasteiger partial charge in [0.25, 0.3) is 0 Å². The van der Waals surface area contributed by atoms with E-state index in [0.29, 0.717) is 18.0 Å². The molecule has 0 unspecified atom stereocenters. The van der Waals surface area contributed by atoms with Crippen LogP contribution in [0.15, 0.2) is 24.3 Å². The van der Waals surface area contributed by atoms with Gasteiger partial charge in [0.1, 0.15) is 5.75 Å². The van der Waals surface area contributed by atoms with Gasteiger partial charge in [0.05, 0.1) is 12.3 Å². The summed E-state index contributed by atoms with van der Waals surface area (Å²) in [5, 5.41) is 0. The van der Waals surface area contributed by atoms with E-state index in [2.05, 4.69) is 6.92 Å². The van der Waals surface area contributed by atoms with E-state index in [1.165, 1.54) is 0 Å². The Hall–Kier alpha value is -1.97. The number of carbonyl (C=O) groups excluding carboxylic acids is 1. The third-order valence-corrected chi connectivity index (χ3v) is 3.85. The van der Waals surface area contributed by atoms with Gasteiger partial charge in [-0.25, -0.2) is 0 Å². The number of hydrogen-bond donors (Lipinski definition) is 1. The Balaban J connectivity index is 1.97. The fourth-order valence-corrected chi connectivity index (χ4v) is 2.46. The molecule has 114 valence electrons. The van der Waals surface area contributed by atoms with E-state index < -0.39 is 0 Å². The van der Waals surface area contributed by atoms with Crippen molar-refractivity contribution >= 4 is 17.7 Å². The first-order chi connectivity index (χ1) is 10.1. The monoisotopic (exact) mass is 288 g/mol. The first-order valence-electron chi connectivity index (χ1n) is 7.59. The van der Waals surface area contributed by atoms with Crippen LogP contribution in [0, 0.1) is 5.92 Å². The molecule has 1 aromatic rings. The van der Waals surface area contributed by atoms with Crippen molar-refractivity contribution in [2.45, 2.75) is 26.7 Å². The second-order valence-corrected chi connectivity index (χ2v) is 5.57. The predicted molar refractivity (Wildman–Crippen MR) is 86.0 cm³/mol. The molecule has 0 spiro atoms. The number of nitrogens with zero attached hydrogens (tertiary/aromatic N) is 1. The van der Waals surface area contributed by atoms with Crippen LogP contribution in [-0.4, -0.2) is 30.5 Å². The van der Waals surface area contributed by atoms with Crippen molar-refractivity contribution in [3.8, 4) is 5.75 Å². The number of amides is 1. The average molecular weight is 288 g/mol. The third-order valence-electron chi connectivity index (χ3n) is 3.85. The number of benzene rings is 1. The van der Waals surface area contributed by atoms with E-state index in [0.717, 1.165) is 37.4 Å². The second kappa shape index (κ2) is 7.16. The molecule has 4 nitrogen and oxygen atoms in total. The molecule has 2 rings (SSSR count). The van der Waals surface area contributed by atoms with Crippen molar-refractivity contribution in [2.24, 2.45) is 5.92 Å². The Kier molecular flexibility index (Phi) is 5.26. The molecule has 1 amide bonds. The highest BCUT2D eigenvalue weighted by molar-refractivity contribution is 5.92. The van der Waals surface area contributed by atoms with Gasteiger partial charge in [-0.15, -0.1) is 0 Å². The van der Waals surface area contributed by atoms with E-state index in [4.69, 9.17) is 10.5 Å². The van der Waals surface area contributed by atoms with Crippen molar-refractivity contribution in [1.82, 2.24) is 4.90 Å². The average Bonchev–Trinajstić information content (AvgIpc) is 2.48. The van der Waals surface area contributed by atoms with Gasteiger partial charge in [0.15, 0.2) is 0 Å². The topological polar surface area (TPSA) is 55.6 Å². The Morgan fingerprint density at radius 1 is 1.43 bits per heavy atom. The van der Waals surface area contributed by atoms with Gasteiger partial charge in [-0.2, -0.15) is 0 Å². The zero-order chi connectivity index (χ0) is 15.2. The summed E-state index contributed by atoms with van der Waals surface area (Å²) in [7, 11) is 0. The molecular weight excluding hydrogens is 264 g/mol. The Morgan fingerprint density at radius 2 is 2.14 bits per heavy atom. The standard InChI is InChI=1S/C17H24N2O2/c1-3-21-16-6-4-14(12-15(16)18)5-7-17(20)19-10-8-13(2)9-11-19/h4-7,12-13H,3,8-11,18H2,1-2H3/b7-5-. The van der Waals surface area contributed by atoms with Gasteiger partial charge >= 0.3 is 0 Å². The van der Waals surface area contributed by atoms with Crippen LogP contribution in [0.2, 0.25) is 0 Å². The van der Waals surface area contributed by atoms with E-state index in [-0.39, 0.29) is 5.91 Å². The zero-order valence-corrected chi connectivity index (χ0v) is 12.8. The Bertz CT molecular complexity index is 518. The number of piperidine rings is 1. The van der Waals surface area contributed by atoms with Crippen LogP contribution in [0.1, 0.15) is 32.3 Å². The molecule has 1 aliphatic heterocycles. The highest BCUT2D eigenvalue weighted by Gasteiger charge is 2.18. The first kappa shape index (κ1) is 15.4. The highest BCUT2D eigenvalue weighted by atomic mass is 16.5. The van der Waals surface area contributed by atoms with Gasteiger partial charge < -0.3 is 15.4 Å². The summed E-state index contributed by atoms with van der Waals surface area (Å²) < 4.78 is 5.40. The van der Waals surface area contributed by atoms with Gasteiger partial charge in [-0.3, -0.25) is 4.79 Å². The van der Waals surface area contributed by atoms with Crippen LogP contribution in [-0.2, 0) is 4.79 Å². The fourth-order valence-electron chi connectivity index (χ4n) is 2.46. The van der Waals surface area contributed by atoms with E-state index in [9.17, 15) is 4.79 Å². The summed E-state index contributed by atoms with van der Waals surface area (Å²) in [5.41, 5.74) is 7.42. The maximum absolute atomic E-state index is 12.1. The SMILES string of the molecule is CCOc1ccc(/C=C\C(=O)N2CCC(C)CC2)cc1N. The van der Waals surface area contributed by atoms with Gasteiger partial charge in [-0.05, 0) is 49.5 Å². The van der Waals surface area contributed by atoms with E-state index in [1.54, 1.807) is 6.08 Å². The minimum atomic E-state index is 0.0781. The zero-order valence-electron chi connectivity index (χ0n) is 12.8. The smallest absolute Gasteiger partial charge is 0.246 e. The molecule has 21 heavy (non-hydrogen) atoms. The molecule has 1 fully saturated rings. The molecule has 1 heterocycles. The summed E-state index contributed by atoms with van der Waals surface area (Å²) in [6.07, 6.45) is 5.63. The van der Waals surface area contributed by atoms with E-state index in [1.807, 2.05) is 36.1 Å². The lowest BCUT2D eigenvalue weighted by molar-refractivity contribution is -0.127. The van der Waals surface area contributed by atoms with Crippen LogP contribution >= 0.6 is 0 Å². The van der Waals surface area contributed by atoms with Crippen molar-refractivity contribution in [3.63, 3.8) is 0 Å². The van der Waals surface area contributed by atoms with Crippen molar-refractivity contribution in [2.75, 3.05) is 25.4 Å². The number of carbonyl (C=O) groups is 1. The van der Waals surface area contributed by atoms with Crippen LogP contribution in [0.5, 0.6) is 5.75 Å². The molecule has 1 saturated heterocycles. The second-order valence-electron chi connectivity index (χ2n) is 5.57. The van der Waals surface area contributed by atoms with Crippen molar-refractivity contribution in [3.05, 3.63) is 29.8 Å². The molecule has 0 radical (unpaired) electrons.